The zero-order valence-electron chi connectivity index (χ0n) is 13.0. The van der Waals surface area contributed by atoms with Crippen molar-refractivity contribution in [3.63, 3.8) is 0 Å². The topological polar surface area (TPSA) is 15.3 Å². The summed E-state index contributed by atoms with van der Waals surface area (Å²) in [5.74, 6) is 0.823. The Bertz CT molecular complexity index is 540. The molecule has 3 rings (SSSR count). The largest absolute Gasteiger partial charge is 0.309 e. The molecule has 1 aliphatic heterocycles. The molecule has 1 atom stereocenters. The van der Waals surface area contributed by atoms with E-state index in [1.807, 2.05) is 12.1 Å². The number of piperazine rings is 1. The number of hydrogen-bond acceptors (Lipinski definition) is 2. The molecule has 1 heterocycles. The van der Waals surface area contributed by atoms with Gasteiger partial charge >= 0.3 is 0 Å². The minimum Gasteiger partial charge on any atom is -0.309 e. The van der Waals surface area contributed by atoms with E-state index in [9.17, 15) is 0 Å². The fraction of sp³-hybridized carbons (Fsp3) is 0.647. The molecule has 1 saturated carbocycles. The van der Waals surface area contributed by atoms with Gasteiger partial charge in [0.1, 0.15) is 0 Å². The van der Waals surface area contributed by atoms with Gasteiger partial charge in [0.2, 0.25) is 0 Å². The molecule has 0 bridgehead atoms. The third-order valence-electron chi connectivity index (χ3n) is 5.05. The number of benzene rings is 1. The molecule has 116 valence electrons. The van der Waals surface area contributed by atoms with Gasteiger partial charge in [0, 0.05) is 30.7 Å². The summed E-state index contributed by atoms with van der Waals surface area (Å²) in [5, 5.41) is 5.00. The molecule has 2 nitrogen and oxygen atoms in total. The van der Waals surface area contributed by atoms with Crippen LogP contribution in [0.5, 0.6) is 0 Å². The molecule has 1 aromatic carbocycles. The van der Waals surface area contributed by atoms with E-state index in [2.05, 4.69) is 37.1 Å². The Hall–Kier alpha value is -0.280. The second-order valence-electron chi connectivity index (χ2n) is 7.47. The summed E-state index contributed by atoms with van der Waals surface area (Å²) < 4.78 is 0. The summed E-state index contributed by atoms with van der Waals surface area (Å²) in [4.78, 5) is 2.64. The van der Waals surface area contributed by atoms with E-state index in [0.29, 0.717) is 10.0 Å². The number of nitrogens with one attached hydrogen (secondary N) is 1. The van der Waals surface area contributed by atoms with Crippen LogP contribution in [0.4, 0.5) is 0 Å². The molecule has 1 saturated heterocycles. The van der Waals surface area contributed by atoms with Gasteiger partial charge in [-0.05, 0) is 57.2 Å². The summed E-state index contributed by atoms with van der Waals surface area (Å²) >= 11 is 12.2. The highest BCUT2D eigenvalue weighted by Crippen LogP contribution is 2.45. The summed E-state index contributed by atoms with van der Waals surface area (Å²) in [7, 11) is 0. The molecular weight excluding hydrogens is 303 g/mol. The first-order valence-electron chi connectivity index (χ1n) is 7.74. The molecule has 1 N–H and O–H groups in total. The van der Waals surface area contributed by atoms with Crippen molar-refractivity contribution >= 4 is 23.2 Å². The average molecular weight is 327 g/mol. The lowest BCUT2D eigenvalue weighted by Gasteiger charge is -2.52. The van der Waals surface area contributed by atoms with Gasteiger partial charge in [0.15, 0.2) is 0 Å². The van der Waals surface area contributed by atoms with E-state index in [0.717, 1.165) is 25.6 Å². The molecular formula is C17H24Cl2N2. The molecule has 4 heteroatoms. The van der Waals surface area contributed by atoms with Crippen LogP contribution in [0.25, 0.3) is 0 Å². The van der Waals surface area contributed by atoms with E-state index in [1.54, 1.807) is 0 Å². The Morgan fingerprint density at radius 2 is 1.90 bits per heavy atom. The predicted octanol–water partition coefficient (Wildman–Crippen LogP) is 4.35. The Kier molecular flexibility index (Phi) is 4.03. The third-order valence-corrected chi connectivity index (χ3v) is 5.79. The maximum Gasteiger partial charge on any atom is 0.0595 e. The van der Waals surface area contributed by atoms with Gasteiger partial charge in [-0.2, -0.15) is 0 Å². The quantitative estimate of drug-likeness (QED) is 0.888. The van der Waals surface area contributed by atoms with Crippen molar-refractivity contribution in [2.75, 3.05) is 13.1 Å². The maximum atomic E-state index is 6.17. The van der Waals surface area contributed by atoms with Crippen LogP contribution in [0.1, 0.15) is 39.2 Å². The standard InChI is InChI=1S/C17H24Cl2N2/c1-16(2)11-21(17(3,10-20-16)13-5-6-13)9-12-4-7-14(18)15(19)8-12/h4,7-8,13,20H,5-6,9-11H2,1-3H3. The molecule has 0 spiro atoms. The SMILES string of the molecule is CC1(C)CN(Cc2ccc(Cl)c(Cl)c2)C(C)(C2CC2)CN1. The highest BCUT2D eigenvalue weighted by Gasteiger charge is 2.49. The third kappa shape index (κ3) is 3.24. The first kappa shape index (κ1) is 15.6. The predicted molar refractivity (Wildman–Crippen MR) is 90.1 cm³/mol. The van der Waals surface area contributed by atoms with Crippen molar-refractivity contribution in [2.45, 2.75) is 51.2 Å². The number of nitrogens with zero attached hydrogens (tertiary/aromatic N) is 1. The van der Waals surface area contributed by atoms with E-state index in [-0.39, 0.29) is 11.1 Å². The summed E-state index contributed by atoms with van der Waals surface area (Å²) in [6, 6.07) is 6.00. The Morgan fingerprint density at radius 1 is 1.19 bits per heavy atom. The van der Waals surface area contributed by atoms with Crippen LogP contribution >= 0.6 is 23.2 Å². The second kappa shape index (κ2) is 5.42. The zero-order chi connectivity index (χ0) is 15.3. The molecule has 0 amide bonds. The number of halogens is 2. The van der Waals surface area contributed by atoms with Crippen molar-refractivity contribution in [2.24, 2.45) is 5.92 Å². The lowest BCUT2D eigenvalue weighted by Crippen LogP contribution is -2.67. The Labute approximate surface area is 137 Å². The zero-order valence-corrected chi connectivity index (χ0v) is 14.6. The second-order valence-corrected chi connectivity index (χ2v) is 8.29. The first-order valence-corrected chi connectivity index (χ1v) is 8.50. The van der Waals surface area contributed by atoms with Gasteiger partial charge in [-0.15, -0.1) is 0 Å². The van der Waals surface area contributed by atoms with Gasteiger partial charge in [-0.1, -0.05) is 29.3 Å². The van der Waals surface area contributed by atoms with E-state index in [4.69, 9.17) is 23.2 Å². The molecule has 1 unspecified atom stereocenters. The Balaban J connectivity index is 1.83. The first-order chi connectivity index (χ1) is 9.80. The van der Waals surface area contributed by atoms with Gasteiger partial charge in [-0.25, -0.2) is 0 Å². The van der Waals surface area contributed by atoms with Crippen molar-refractivity contribution in [3.8, 4) is 0 Å². The molecule has 1 aromatic rings. The van der Waals surface area contributed by atoms with E-state index in [1.165, 1.54) is 18.4 Å². The monoisotopic (exact) mass is 326 g/mol. The molecule has 2 aliphatic rings. The van der Waals surface area contributed by atoms with E-state index >= 15 is 0 Å². The molecule has 1 aliphatic carbocycles. The van der Waals surface area contributed by atoms with Crippen LogP contribution in [0.3, 0.4) is 0 Å². The Morgan fingerprint density at radius 3 is 2.52 bits per heavy atom. The summed E-state index contributed by atoms with van der Waals surface area (Å²) in [5.41, 5.74) is 1.65. The fourth-order valence-electron chi connectivity index (χ4n) is 3.45. The number of rotatable bonds is 3. The molecule has 21 heavy (non-hydrogen) atoms. The minimum absolute atomic E-state index is 0.157. The van der Waals surface area contributed by atoms with Crippen LogP contribution in [-0.4, -0.2) is 29.1 Å². The maximum absolute atomic E-state index is 6.17. The molecule has 0 radical (unpaired) electrons. The lowest BCUT2D eigenvalue weighted by atomic mass is 9.85. The highest BCUT2D eigenvalue weighted by molar-refractivity contribution is 6.42. The smallest absolute Gasteiger partial charge is 0.0595 e. The summed E-state index contributed by atoms with van der Waals surface area (Å²) in [6.45, 7) is 10.0. The van der Waals surface area contributed by atoms with Crippen LogP contribution < -0.4 is 5.32 Å². The van der Waals surface area contributed by atoms with Gasteiger partial charge in [-0.3, -0.25) is 4.90 Å². The lowest BCUT2D eigenvalue weighted by molar-refractivity contribution is 0.00521. The summed E-state index contributed by atoms with van der Waals surface area (Å²) in [6.07, 6.45) is 2.72. The highest BCUT2D eigenvalue weighted by atomic mass is 35.5. The number of hydrogen-bond donors (Lipinski definition) is 1. The minimum atomic E-state index is 0.157. The molecule has 0 aromatic heterocycles. The van der Waals surface area contributed by atoms with Crippen molar-refractivity contribution in [3.05, 3.63) is 33.8 Å². The molecule has 2 fully saturated rings. The van der Waals surface area contributed by atoms with Crippen molar-refractivity contribution in [1.29, 1.82) is 0 Å². The van der Waals surface area contributed by atoms with Crippen LogP contribution in [0.15, 0.2) is 18.2 Å². The van der Waals surface area contributed by atoms with E-state index < -0.39 is 0 Å². The fourth-order valence-corrected chi connectivity index (χ4v) is 3.77. The van der Waals surface area contributed by atoms with Crippen LogP contribution in [-0.2, 0) is 6.54 Å². The van der Waals surface area contributed by atoms with Gasteiger partial charge < -0.3 is 5.32 Å². The van der Waals surface area contributed by atoms with Crippen molar-refractivity contribution < 1.29 is 0 Å². The van der Waals surface area contributed by atoms with Crippen LogP contribution in [0, 0.1) is 5.92 Å². The van der Waals surface area contributed by atoms with Gasteiger partial charge in [0.25, 0.3) is 0 Å². The van der Waals surface area contributed by atoms with Crippen LogP contribution in [0.2, 0.25) is 10.0 Å². The van der Waals surface area contributed by atoms with Gasteiger partial charge in [0.05, 0.1) is 10.0 Å². The normalized spacial score (nSPS) is 29.6. The average Bonchev–Trinajstić information content (AvgIpc) is 3.23. The van der Waals surface area contributed by atoms with Crippen molar-refractivity contribution in [1.82, 2.24) is 10.2 Å².